The van der Waals surface area contributed by atoms with Gasteiger partial charge in [-0.15, -0.1) is 0 Å². The zero-order chi connectivity index (χ0) is 23.8. The van der Waals surface area contributed by atoms with Gasteiger partial charge in [0, 0.05) is 61.1 Å². The number of rotatable bonds is 4. The maximum Gasteiger partial charge on any atom is 0.253 e. The molecule has 0 aliphatic carbocycles. The fraction of sp³-hybridized carbons (Fsp3) is 0.296. The Labute approximate surface area is 198 Å². The fourth-order valence-electron chi connectivity index (χ4n) is 5.28. The number of nitrogens with one attached hydrogen (secondary N) is 1. The summed E-state index contributed by atoms with van der Waals surface area (Å²) >= 11 is 0. The number of carbonyl (C=O) groups is 2. The number of methoxy groups -OCH3 is 1. The van der Waals surface area contributed by atoms with Gasteiger partial charge >= 0.3 is 0 Å². The first-order valence-corrected chi connectivity index (χ1v) is 11.5. The molecule has 1 saturated heterocycles. The Kier molecular flexibility index (Phi) is 5.69. The van der Waals surface area contributed by atoms with Crippen molar-refractivity contribution in [2.45, 2.75) is 25.8 Å². The fourth-order valence-corrected chi connectivity index (χ4v) is 5.28. The van der Waals surface area contributed by atoms with Gasteiger partial charge in [-0.25, -0.2) is 0 Å². The summed E-state index contributed by atoms with van der Waals surface area (Å²) in [5.74, 6) is 0.920. The van der Waals surface area contributed by atoms with E-state index in [1.807, 2.05) is 39.8 Å². The van der Waals surface area contributed by atoms with Gasteiger partial charge in [-0.2, -0.15) is 0 Å². The third-order valence-corrected chi connectivity index (χ3v) is 6.73. The molecule has 2 aliphatic rings. The number of piperidine rings is 1. The van der Waals surface area contributed by atoms with Gasteiger partial charge in [-0.3, -0.25) is 14.4 Å². The van der Waals surface area contributed by atoms with Gasteiger partial charge in [0.15, 0.2) is 0 Å². The second kappa shape index (κ2) is 8.82. The zero-order valence-electron chi connectivity index (χ0n) is 19.3. The Balaban J connectivity index is 1.47. The predicted octanol–water partition coefficient (Wildman–Crippen LogP) is 3.74. The lowest BCUT2D eigenvalue weighted by atomic mass is 9.80. The van der Waals surface area contributed by atoms with Crippen molar-refractivity contribution >= 4 is 17.5 Å². The van der Waals surface area contributed by atoms with E-state index in [1.54, 1.807) is 37.4 Å². The van der Waals surface area contributed by atoms with Gasteiger partial charge in [-0.1, -0.05) is 12.1 Å². The van der Waals surface area contributed by atoms with E-state index in [2.05, 4.69) is 5.32 Å². The molecule has 3 heterocycles. The molecule has 2 aromatic carbocycles. The number of fused-ring (bicyclic) bond motifs is 4. The Morgan fingerprint density at radius 3 is 2.35 bits per heavy atom. The summed E-state index contributed by atoms with van der Waals surface area (Å²) in [6, 6.07) is 18.4. The number of hydrogen-bond acceptors (Lipinski definition) is 4. The first kappa shape index (κ1) is 21.9. The molecule has 5 rings (SSSR count). The number of aromatic nitrogens is 1. The van der Waals surface area contributed by atoms with Crippen molar-refractivity contribution in [2.24, 2.45) is 5.92 Å². The van der Waals surface area contributed by atoms with Crippen LogP contribution in [-0.2, 0) is 11.3 Å². The standard InChI is InChI=1S/C27H27N3O4/c1-17(31)28-22-7-3-19(4-8-22)24-11-12-25(32)30-15-18-13-21(26(24)30)16-29(14-18)27(33)20-5-9-23(34-2)10-6-20/h3-12,18,21H,13-16H2,1-2H3,(H,28,31). The maximum absolute atomic E-state index is 13.3. The van der Waals surface area contributed by atoms with Crippen molar-refractivity contribution < 1.29 is 14.3 Å². The molecule has 0 radical (unpaired) electrons. The smallest absolute Gasteiger partial charge is 0.253 e. The normalized spacial score (nSPS) is 18.7. The van der Waals surface area contributed by atoms with Crippen LogP contribution in [0.3, 0.4) is 0 Å². The van der Waals surface area contributed by atoms with Gasteiger partial charge in [0.2, 0.25) is 5.91 Å². The number of amides is 2. The van der Waals surface area contributed by atoms with Crippen LogP contribution in [0.15, 0.2) is 65.5 Å². The molecule has 2 atom stereocenters. The predicted molar refractivity (Wildman–Crippen MR) is 130 cm³/mol. The highest BCUT2D eigenvalue weighted by molar-refractivity contribution is 5.94. The Hall–Kier alpha value is -3.87. The lowest BCUT2D eigenvalue weighted by molar-refractivity contribution is -0.114. The van der Waals surface area contributed by atoms with Crippen LogP contribution in [-0.4, -0.2) is 41.5 Å². The van der Waals surface area contributed by atoms with Gasteiger partial charge < -0.3 is 19.5 Å². The van der Waals surface area contributed by atoms with Crippen LogP contribution in [0.1, 0.15) is 35.3 Å². The molecular formula is C27H27N3O4. The van der Waals surface area contributed by atoms with Crippen molar-refractivity contribution in [3.63, 3.8) is 0 Å². The molecule has 2 bridgehead atoms. The van der Waals surface area contributed by atoms with Crippen LogP contribution < -0.4 is 15.6 Å². The highest BCUT2D eigenvalue weighted by Crippen LogP contribution is 2.40. The molecule has 3 aromatic rings. The van der Waals surface area contributed by atoms with E-state index in [-0.39, 0.29) is 29.2 Å². The van der Waals surface area contributed by atoms with Crippen molar-refractivity contribution in [1.29, 1.82) is 0 Å². The van der Waals surface area contributed by atoms with Crippen LogP contribution in [0.4, 0.5) is 5.69 Å². The quantitative estimate of drug-likeness (QED) is 0.647. The molecule has 1 fully saturated rings. The van der Waals surface area contributed by atoms with Gasteiger partial charge in [0.1, 0.15) is 5.75 Å². The lowest BCUT2D eigenvalue weighted by Crippen LogP contribution is -2.49. The average Bonchev–Trinajstić information content (AvgIpc) is 2.84. The summed E-state index contributed by atoms with van der Waals surface area (Å²) < 4.78 is 7.10. The molecule has 2 amide bonds. The summed E-state index contributed by atoms with van der Waals surface area (Å²) in [6.45, 7) is 3.30. The second-order valence-corrected chi connectivity index (χ2v) is 9.08. The first-order chi connectivity index (χ1) is 16.4. The SMILES string of the molecule is COc1ccc(C(=O)N2CC3CC(C2)c2c(-c4ccc(NC(C)=O)cc4)ccc(=O)n2C3)cc1. The third-order valence-electron chi connectivity index (χ3n) is 6.73. The highest BCUT2D eigenvalue weighted by atomic mass is 16.5. The number of ether oxygens (including phenoxy) is 1. The molecule has 1 aromatic heterocycles. The van der Waals surface area contributed by atoms with E-state index in [9.17, 15) is 14.4 Å². The largest absolute Gasteiger partial charge is 0.497 e. The van der Waals surface area contributed by atoms with Crippen molar-refractivity contribution in [1.82, 2.24) is 9.47 Å². The van der Waals surface area contributed by atoms with Crippen LogP contribution >= 0.6 is 0 Å². The summed E-state index contributed by atoms with van der Waals surface area (Å²) in [5, 5.41) is 2.78. The zero-order valence-corrected chi connectivity index (χ0v) is 19.3. The van der Waals surface area contributed by atoms with Crippen LogP contribution in [0.2, 0.25) is 0 Å². The Morgan fingerprint density at radius 2 is 1.68 bits per heavy atom. The topological polar surface area (TPSA) is 80.6 Å². The van der Waals surface area contributed by atoms with E-state index in [0.717, 1.165) is 34.7 Å². The molecule has 1 N–H and O–H groups in total. The summed E-state index contributed by atoms with van der Waals surface area (Å²) in [7, 11) is 1.60. The average molecular weight is 458 g/mol. The minimum atomic E-state index is -0.119. The number of carbonyl (C=O) groups excluding carboxylic acids is 2. The molecular weight excluding hydrogens is 430 g/mol. The van der Waals surface area contributed by atoms with Crippen LogP contribution in [0.5, 0.6) is 5.75 Å². The van der Waals surface area contributed by atoms with Crippen LogP contribution in [0.25, 0.3) is 11.1 Å². The minimum Gasteiger partial charge on any atom is -0.497 e. The number of pyridine rings is 1. The molecule has 7 heteroatoms. The van der Waals surface area contributed by atoms with Gasteiger partial charge in [0.25, 0.3) is 11.5 Å². The van der Waals surface area contributed by atoms with Gasteiger partial charge in [-0.05, 0) is 60.4 Å². The van der Waals surface area contributed by atoms with E-state index in [4.69, 9.17) is 4.74 Å². The molecule has 34 heavy (non-hydrogen) atoms. The molecule has 2 aliphatic heterocycles. The molecule has 0 spiro atoms. The monoisotopic (exact) mass is 457 g/mol. The van der Waals surface area contributed by atoms with E-state index in [0.29, 0.717) is 25.2 Å². The summed E-state index contributed by atoms with van der Waals surface area (Å²) in [6.07, 6.45) is 0.951. The van der Waals surface area contributed by atoms with Crippen molar-refractivity contribution in [3.05, 3.63) is 82.3 Å². The molecule has 174 valence electrons. The Bertz CT molecular complexity index is 1290. The van der Waals surface area contributed by atoms with Gasteiger partial charge in [0.05, 0.1) is 7.11 Å². The van der Waals surface area contributed by atoms with Crippen molar-refractivity contribution in [3.8, 4) is 16.9 Å². The summed E-state index contributed by atoms with van der Waals surface area (Å²) in [4.78, 5) is 39.3. The van der Waals surface area contributed by atoms with E-state index in [1.165, 1.54) is 6.92 Å². The minimum absolute atomic E-state index is 0.00162. The second-order valence-electron chi connectivity index (χ2n) is 9.08. The number of nitrogens with zero attached hydrogens (tertiary/aromatic N) is 2. The Morgan fingerprint density at radius 1 is 0.941 bits per heavy atom. The van der Waals surface area contributed by atoms with Crippen molar-refractivity contribution in [2.75, 3.05) is 25.5 Å². The highest BCUT2D eigenvalue weighted by Gasteiger charge is 2.38. The first-order valence-electron chi connectivity index (χ1n) is 11.5. The molecule has 0 saturated carbocycles. The van der Waals surface area contributed by atoms with E-state index < -0.39 is 0 Å². The maximum atomic E-state index is 13.3. The number of likely N-dealkylation sites (tertiary alicyclic amines) is 1. The summed E-state index contributed by atoms with van der Waals surface area (Å²) in [5.41, 5.74) is 4.33. The number of anilines is 1. The number of hydrogen-bond donors (Lipinski definition) is 1. The van der Waals surface area contributed by atoms with Crippen LogP contribution in [0, 0.1) is 5.92 Å². The third kappa shape index (κ3) is 4.09. The number of benzene rings is 2. The molecule has 7 nitrogen and oxygen atoms in total. The van der Waals surface area contributed by atoms with E-state index >= 15 is 0 Å². The lowest BCUT2D eigenvalue weighted by Gasteiger charge is -2.43. The molecule has 2 unspecified atom stereocenters.